The smallest absolute Gasteiger partial charge is 0.462 e. The lowest BCUT2D eigenvalue weighted by Crippen LogP contribution is -2.37. The first-order chi connectivity index (χ1) is 22.5. The number of rotatable bonds is 33. The van der Waals surface area contributed by atoms with Gasteiger partial charge < -0.3 is 18.9 Å². The van der Waals surface area contributed by atoms with Crippen LogP contribution in [0, 0.1) is 0 Å². The highest BCUT2D eigenvalue weighted by molar-refractivity contribution is 7.47. The van der Waals surface area contributed by atoms with Gasteiger partial charge in [-0.1, -0.05) is 102 Å². The van der Waals surface area contributed by atoms with Crippen LogP contribution in [0.3, 0.4) is 0 Å². The van der Waals surface area contributed by atoms with Gasteiger partial charge in [0, 0.05) is 12.8 Å². The number of quaternary nitrogens is 1. The van der Waals surface area contributed by atoms with Gasteiger partial charge in [0.1, 0.15) is 19.8 Å². The SMILES string of the molecule is CCCC/C=C\CCCCCCCC(=O)O[C@H](COC(=O)CCCCCCC/C=C\CCCCC)COP(=O)(O)OCC[N+](C)(C)C. The third-order valence-electron chi connectivity index (χ3n) is 7.70. The van der Waals surface area contributed by atoms with E-state index in [1.54, 1.807) is 0 Å². The van der Waals surface area contributed by atoms with Gasteiger partial charge in [-0.05, 0) is 57.8 Å². The lowest BCUT2D eigenvalue weighted by molar-refractivity contribution is -0.870. The normalized spacial score (nSPS) is 14.1. The summed E-state index contributed by atoms with van der Waals surface area (Å²) in [7, 11) is 1.46. The molecule has 0 spiro atoms. The Hall–Kier alpha value is -1.51. The summed E-state index contributed by atoms with van der Waals surface area (Å²) in [6.45, 7) is 4.31. The summed E-state index contributed by atoms with van der Waals surface area (Å²) in [5.74, 6) is -0.823. The van der Waals surface area contributed by atoms with Gasteiger partial charge in [-0.3, -0.25) is 18.6 Å². The van der Waals surface area contributed by atoms with Crippen molar-refractivity contribution in [3.8, 4) is 0 Å². The molecule has 0 fully saturated rings. The summed E-state index contributed by atoms with van der Waals surface area (Å²) in [4.78, 5) is 35.1. The van der Waals surface area contributed by atoms with Gasteiger partial charge in [0.25, 0.3) is 0 Å². The Morgan fingerprint density at radius 3 is 1.64 bits per heavy atom. The maximum atomic E-state index is 12.6. The van der Waals surface area contributed by atoms with Gasteiger partial charge >= 0.3 is 19.8 Å². The number of unbranched alkanes of at least 4 members (excludes halogenated alkanes) is 15. The molecule has 9 nitrogen and oxygen atoms in total. The zero-order valence-electron chi connectivity index (χ0n) is 30.8. The molecular weight excluding hydrogens is 617 g/mol. The number of hydrogen-bond acceptors (Lipinski definition) is 7. The molecule has 0 aromatic carbocycles. The van der Waals surface area contributed by atoms with Crippen LogP contribution < -0.4 is 0 Å². The summed E-state index contributed by atoms with van der Waals surface area (Å²) in [5.41, 5.74) is 0. The number of esters is 2. The number of ether oxygens (including phenoxy) is 2. The van der Waals surface area contributed by atoms with Crippen LogP contribution in [0.2, 0.25) is 0 Å². The van der Waals surface area contributed by atoms with Crippen molar-refractivity contribution in [1.82, 2.24) is 0 Å². The molecular formula is C37H71NO8P+. The predicted molar refractivity (Wildman–Crippen MR) is 192 cm³/mol. The van der Waals surface area contributed by atoms with E-state index in [0.717, 1.165) is 77.0 Å². The average molecular weight is 689 g/mol. The quantitative estimate of drug-likeness (QED) is 0.0239. The Bertz CT molecular complexity index is 871. The Morgan fingerprint density at radius 1 is 0.638 bits per heavy atom. The number of nitrogens with zero attached hydrogens (tertiary/aromatic N) is 1. The first kappa shape index (κ1) is 45.5. The lowest BCUT2D eigenvalue weighted by Gasteiger charge is -2.24. The number of phosphoric ester groups is 1. The van der Waals surface area contributed by atoms with Crippen molar-refractivity contribution in [2.24, 2.45) is 0 Å². The Morgan fingerprint density at radius 2 is 1.11 bits per heavy atom. The van der Waals surface area contributed by atoms with Gasteiger partial charge in [-0.15, -0.1) is 0 Å². The van der Waals surface area contributed by atoms with E-state index < -0.39 is 26.5 Å². The number of allylic oxidation sites excluding steroid dienone is 4. The predicted octanol–water partition coefficient (Wildman–Crippen LogP) is 9.63. The molecule has 1 unspecified atom stereocenters. The molecule has 1 N–H and O–H groups in total. The second-order valence-corrected chi connectivity index (χ2v) is 15.1. The third kappa shape index (κ3) is 34.2. The van der Waals surface area contributed by atoms with Crippen molar-refractivity contribution >= 4 is 19.8 Å². The number of likely N-dealkylation sites (N-methyl/N-ethyl adjacent to an activating group) is 1. The van der Waals surface area contributed by atoms with Crippen molar-refractivity contribution in [3.05, 3.63) is 24.3 Å². The molecule has 0 bridgehead atoms. The van der Waals surface area contributed by atoms with Crippen LogP contribution in [-0.4, -0.2) is 74.9 Å². The summed E-state index contributed by atoms with van der Waals surface area (Å²) >= 11 is 0. The van der Waals surface area contributed by atoms with Crippen molar-refractivity contribution in [2.75, 3.05) is 47.5 Å². The van der Waals surface area contributed by atoms with Crippen molar-refractivity contribution in [1.29, 1.82) is 0 Å². The van der Waals surface area contributed by atoms with Crippen LogP contribution in [0.25, 0.3) is 0 Å². The fraction of sp³-hybridized carbons (Fsp3) is 0.838. The summed E-state index contributed by atoms with van der Waals surface area (Å²) in [6.07, 6.45) is 29.4. The van der Waals surface area contributed by atoms with Crippen molar-refractivity contribution in [2.45, 2.75) is 155 Å². The first-order valence-corrected chi connectivity index (χ1v) is 20.1. The second kappa shape index (κ2) is 30.5. The van der Waals surface area contributed by atoms with E-state index in [1.807, 2.05) is 21.1 Å². The highest BCUT2D eigenvalue weighted by Gasteiger charge is 2.27. The number of carbonyl (C=O) groups is 2. The molecule has 47 heavy (non-hydrogen) atoms. The largest absolute Gasteiger partial charge is 0.472 e. The van der Waals surface area contributed by atoms with Crippen LogP contribution in [-0.2, 0) is 32.7 Å². The van der Waals surface area contributed by atoms with E-state index in [0.29, 0.717) is 17.4 Å². The molecule has 0 aromatic heterocycles. The average Bonchev–Trinajstić information content (AvgIpc) is 3.01. The maximum Gasteiger partial charge on any atom is 0.472 e. The van der Waals surface area contributed by atoms with Gasteiger partial charge in [0.15, 0.2) is 6.10 Å². The Labute approximate surface area is 288 Å². The first-order valence-electron chi connectivity index (χ1n) is 18.6. The number of carbonyl (C=O) groups excluding carboxylic acids is 2. The summed E-state index contributed by atoms with van der Waals surface area (Å²) in [5, 5.41) is 0. The molecule has 276 valence electrons. The molecule has 0 heterocycles. The molecule has 0 aliphatic carbocycles. The molecule has 0 amide bonds. The van der Waals surface area contributed by atoms with Crippen molar-refractivity contribution < 1.29 is 42.1 Å². The molecule has 0 saturated carbocycles. The minimum Gasteiger partial charge on any atom is -0.462 e. The van der Waals surface area contributed by atoms with E-state index in [2.05, 4.69) is 38.2 Å². The standard InChI is InChI=1S/C37H70NO8P/c1-6-8-10-12-14-16-18-20-21-23-25-27-29-36(39)43-33-35(34-45-47(41,42)44-32-31-38(3,4)5)46-37(40)30-28-26-24-22-19-17-15-13-11-9-7-2/h13-16,35H,6-12,17-34H2,1-5H3/p+1/b15-13-,16-14-/t35-/m1/s1. The van der Waals surface area contributed by atoms with Crippen LogP contribution in [0.1, 0.15) is 149 Å². The summed E-state index contributed by atoms with van der Waals surface area (Å²) < 4.78 is 34.1. The fourth-order valence-electron chi connectivity index (χ4n) is 4.69. The fourth-order valence-corrected chi connectivity index (χ4v) is 5.43. The maximum absolute atomic E-state index is 12.6. The van der Waals surface area contributed by atoms with Crippen LogP contribution in [0.15, 0.2) is 24.3 Å². The molecule has 2 atom stereocenters. The van der Waals surface area contributed by atoms with Crippen LogP contribution in [0.4, 0.5) is 0 Å². The topological polar surface area (TPSA) is 108 Å². The third-order valence-corrected chi connectivity index (χ3v) is 8.69. The Kier molecular flexibility index (Phi) is 29.6. The number of hydrogen-bond donors (Lipinski definition) is 1. The van der Waals surface area contributed by atoms with Gasteiger partial charge in [0.2, 0.25) is 0 Å². The van der Waals surface area contributed by atoms with Crippen molar-refractivity contribution in [3.63, 3.8) is 0 Å². The van der Waals surface area contributed by atoms with Gasteiger partial charge in [-0.25, -0.2) is 4.57 Å². The van der Waals surface area contributed by atoms with E-state index in [-0.39, 0.29) is 32.0 Å². The highest BCUT2D eigenvalue weighted by Crippen LogP contribution is 2.43. The molecule has 0 aliphatic rings. The van der Waals surface area contributed by atoms with E-state index in [4.69, 9.17) is 18.5 Å². The molecule has 0 radical (unpaired) electrons. The van der Waals surface area contributed by atoms with Gasteiger partial charge in [0.05, 0.1) is 27.7 Å². The zero-order valence-corrected chi connectivity index (χ0v) is 31.7. The lowest BCUT2D eigenvalue weighted by atomic mass is 10.1. The minimum absolute atomic E-state index is 0.0294. The highest BCUT2D eigenvalue weighted by atomic mass is 31.2. The van der Waals surface area contributed by atoms with Crippen LogP contribution in [0.5, 0.6) is 0 Å². The summed E-state index contributed by atoms with van der Waals surface area (Å²) in [6, 6.07) is 0. The number of phosphoric acid groups is 1. The molecule has 0 aliphatic heterocycles. The molecule has 0 rings (SSSR count). The molecule has 0 saturated heterocycles. The second-order valence-electron chi connectivity index (χ2n) is 13.6. The monoisotopic (exact) mass is 688 g/mol. The minimum atomic E-state index is -4.36. The van der Waals surface area contributed by atoms with E-state index in [1.165, 1.54) is 38.5 Å². The Balaban J connectivity index is 4.49. The molecule has 10 heteroatoms. The van der Waals surface area contributed by atoms with Crippen LogP contribution >= 0.6 is 7.82 Å². The van der Waals surface area contributed by atoms with E-state index >= 15 is 0 Å². The van der Waals surface area contributed by atoms with E-state index in [9.17, 15) is 19.0 Å². The van der Waals surface area contributed by atoms with Gasteiger partial charge in [-0.2, -0.15) is 0 Å². The molecule has 0 aromatic rings. The zero-order chi connectivity index (χ0) is 35.1.